The van der Waals surface area contributed by atoms with Crippen LogP contribution in [0, 0.1) is 0 Å². The molecule has 7 heteroatoms. The van der Waals surface area contributed by atoms with E-state index >= 15 is 0 Å². The van der Waals surface area contributed by atoms with Crippen molar-refractivity contribution in [3.8, 4) is 5.75 Å². The second-order valence-corrected chi connectivity index (χ2v) is 13.9. The maximum absolute atomic E-state index is 12.8. The first-order valence-corrected chi connectivity index (χ1v) is 18.8. The number of rotatable bonds is 21. The molecule has 47 heavy (non-hydrogen) atoms. The zero-order valence-electron chi connectivity index (χ0n) is 28.2. The van der Waals surface area contributed by atoms with Crippen molar-refractivity contribution in [3.05, 3.63) is 89.5 Å². The third-order valence-corrected chi connectivity index (χ3v) is 9.98. The first-order chi connectivity index (χ1) is 23.0. The van der Waals surface area contributed by atoms with Crippen molar-refractivity contribution in [3.63, 3.8) is 0 Å². The number of amides is 1. The van der Waals surface area contributed by atoms with E-state index in [1.807, 2.05) is 60.7 Å². The molecule has 1 heterocycles. The van der Waals surface area contributed by atoms with Gasteiger partial charge in [-0.05, 0) is 53.9 Å². The molecule has 4 rings (SSSR count). The third-order valence-electron chi connectivity index (χ3n) is 8.84. The number of phenolic OH excluding ortho intramolecular Hbond substituents is 1. The van der Waals surface area contributed by atoms with Gasteiger partial charge in [-0.15, -0.1) is 11.8 Å². The van der Waals surface area contributed by atoms with Crippen molar-refractivity contribution in [1.29, 1.82) is 0 Å². The number of anilines is 1. The van der Waals surface area contributed by atoms with E-state index in [1.54, 1.807) is 23.9 Å². The molecule has 0 saturated carbocycles. The Balaban J connectivity index is 1.23. The summed E-state index contributed by atoms with van der Waals surface area (Å²) in [6, 6.07) is 22.9. The number of thioether (sulfide) groups is 1. The van der Waals surface area contributed by atoms with E-state index in [9.17, 15) is 15.0 Å². The fraction of sp³-hybridized carbons (Fsp3) is 0.525. The van der Waals surface area contributed by atoms with Gasteiger partial charge in [0.2, 0.25) is 5.91 Å². The van der Waals surface area contributed by atoms with Gasteiger partial charge < -0.3 is 25.0 Å². The van der Waals surface area contributed by atoms with Crippen LogP contribution in [0.3, 0.4) is 0 Å². The highest BCUT2D eigenvalue weighted by Gasteiger charge is 2.32. The summed E-state index contributed by atoms with van der Waals surface area (Å²) in [5, 5.41) is 22.2. The SMILES string of the molecule is CCCCCCCCCCCCCCCC(=O)Nc1cccc(C2OC(CSc3ccc(O)cc3)CC(c3ccc(CO)cc3)O2)c1. The summed E-state index contributed by atoms with van der Waals surface area (Å²) in [5.41, 5.74) is 3.51. The fourth-order valence-electron chi connectivity index (χ4n) is 6.04. The summed E-state index contributed by atoms with van der Waals surface area (Å²) in [6.45, 7) is 2.27. The van der Waals surface area contributed by atoms with E-state index < -0.39 is 6.29 Å². The Kier molecular flexibility index (Phi) is 16.7. The zero-order chi connectivity index (χ0) is 33.1. The molecule has 0 radical (unpaired) electrons. The molecule has 256 valence electrons. The lowest BCUT2D eigenvalue weighted by Gasteiger charge is -2.36. The first kappa shape index (κ1) is 37.0. The number of aliphatic hydroxyl groups excluding tert-OH is 1. The molecule has 3 N–H and O–H groups in total. The van der Waals surface area contributed by atoms with Gasteiger partial charge in [0.15, 0.2) is 6.29 Å². The van der Waals surface area contributed by atoms with Gasteiger partial charge in [0.05, 0.1) is 18.8 Å². The van der Waals surface area contributed by atoms with Gasteiger partial charge in [-0.1, -0.05) is 120 Å². The summed E-state index contributed by atoms with van der Waals surface area (Å²) >= 11 is 1.69. The van der Waals surface area contributed by atoms with E-state index in [2.05, 4.69) is 12.2 Å². The van der Waals surface area contributed by atoms with Crippen molar-refractivity contribution in [2.75, 3.05) is 11.1 Å². The van der Waals surface area contributed by atoms with Gasteiger partial charge in [-0.25, -0.2) is 0 Å². The monoisotopic (exact) mass is 661 g/mol. The molecule has 3 atom stereocenters. The maximum atomic E-state index is 12.8. The zero-order valence-corrected chi connectivity index (χ0v) is 29.0. The van der Waals surface area contributed by atoms with Gasteiger partial charge in [0.1, 0.15) is 5.75 Å². The van der Waals surface area contributed by atoms with Crippen LogP contribution in [0.5, 0.6) is 5.75 Å². The molecule has 1 saturated heterocycles. The molecule has 1 fully saturated rings. The Hall–Kier alpha value is -2.84. The molecule has 0 bridgehead atoms. The van der Waals surface area contributed by atoms with Crippen molar-refractivity contribution in [2.45, 2.75) is 133 Å². The molecule has 1 amide bonds. The second-order valence-electron chi connectivity index (χ2n) is 12.8. The lowest BCUT2D eigenvalue weighted by molar-refractivity contribution is -0.245. The molecule has 0 spiro atoms. The predicted octanol–water partition coefficient (Wildman–Crippen LogP) is 10.6. The molecular formula is C40H55NO5S. The quantitative estimate of drug-likeness (QED) is 0.0778. The molecule has 3 unspecified atom stereocenters. The number of hydrogen-bond acceptors (Lipinski definition) is 6. The Bertz CT molecular complexity index is 1300. The van der Waals surface area contributed by atoms with E-state index in [-0.39, 0.29) is 30.5 Å². The number of aromatic hydroxyl groups is 1. The van der Waals surface area contributed by atoms with Gasteiger partial charge in [0.25, 0.3) is 0 Å². The van der Waals surface area contributed by atoms with Crippen LogP contribution in [-0.2, 0) is 20.9 Å². The molecule has 1 aliphatic heterocycles. The average molecular weight is 662 g/mol. The highest BCUT2D eigenvalue weighted by Crippen LogP contribution is 2.40. The van der Waals surface area contributed by atoms with Crippen LogP contribution in [0.2, 0.25) is 0 Å². The first-order valence-electron chi connectivity index (χ1n) is 17.9. The summed E-state index contributed by atoms with van der Waals surface area (Å²) < 4.78 is 13.0. The van der Waals surface area contributed by atoms with Crippen LogP contribution in [0.1, 0.15) is 132 Å². The maximum Gasteiger partial charge on any atom is 0.224 e. The van der Waals surface area contributed by atoms with Gasteiger partial charge in [-0.3, -0.25) is 4.79 Å². The smallest absolute Gasteiger partial charge is 0.224 e. The minimum Gasteiger partial charge on any atom is -0.508 e. The highest BCUT2D eigenvalue weighted by molar-refractivity contribution is 7.99. The summed E-state index contributed by atoms with van der Waals surface area (Å²) in [7, 11) is 0. The standard InChI is InChI=1S/C40H55NO5S/c1-2-3-4-5-6-7-8-9-10-11-12-13-14-18-39(44)41-34-17-15-16-33(27-34)40-45-36(30-47-37-25-23-35(43)24-26-37)28-38(46-40)32-21-19-31(29-42)20-22-32/h15-17,19-27,36,38,40,42-43H,2-14,18,28-30H2,1H3,(H,41,44). The predicted molar refractivity (Wildman–Crippen MR) is 193 cm³/mol. The number of ether oxygens (including phenoxy) is 2. The molecule has 0 aliphatic carbocycles. The van der Waals surface area contributed by atoms with Crippen molar-refractivity contribution >= 4 is 23.4 Å². The fourth-order valence-corrected chi connectivity index (χ4v) is 6.97. The molecule has 1 aliphatic rings. The summed E-state index contributed by atoms with van der Waals surface area (Å²) in [4.78, 5) is 13.8. The Morgan fingerprint density at radius 2 is 1.43 bits per heavy atom. The normalized spacial score (nSPS) is 17.9. The lowest BCUT2D eigenvalue weighted by atomic mass is 10.0. The summed E-state index contributed by atoms with van der Waals surface area (Å²) in [6.07, 6.45) is 17.1. The van der Waals surface area contributed by atoms with Gasteiger partial charge >= 0.3 is 0 Å². The number of aliphatic hydroxyl groups is 1. The summed E-state index contributed by atoms with van der Waals surface area (Å²) in [5.74, 6) is 1.02. The number of nitrogens with one attached hydrogen (secondary N) is 1. The van der Waals surface area contributed by atoms with Gasteiger partial charge in [0, 0.05) is 34.7 Å². The van der Waals surface area contributed by atoms with E-state index in [4.69, 9.17) is 9.47 Å². The van der Waals surface area contributed by atoms with Gasteiger partial charge in [-0.2, -0.15) is 0 Å². The number of carbonyl (C=O) groups excluding carboxylic acids is 1. The van der Waals surface area contributed by atoms with E-state index in [0.29, 0.717) is 12.8 Å². The van der Waals surface area contributed by atoms with Crippen LogP contribution in [-0.4, -0.2) is 28.0 Å². The number of phenols is 1. The molecule has 3 aromatic carbocycles. The second kappa shape index (κ2) is 21.2. The van der Waals surface area contributed by atoms with Crippen molar-refractivity contribution < 1.29 is 24.5 Å². The van der Waals surface area contributed by atoms with Crippen LogP contribution in [0.15, 0.2) is 77.7 Å². The average Bonchev–Trinajstić information content (AvgIpc) is 3.10. The van der Waals surface area contributed by atoms with Crippen molar-refractivity contribution in [1.82, 2.24) is 0 Å². The van der Waals surface area contributed by atoms with E-state index in [1.165, 1.54) is 70.6 Å². The van der Waals surface area contributed by atoms with Crippen molar-refractivity contribution in [2.24, 2.45) is 0 Å². The Morgan fingerprint density at radius 3 is 2.06 bits per heavy atom. The number of carbonyl (C=O) groups is 1. The third kappa shape index (κ3) is 13.7. The largest absolute Gasteiger partial charge is 0.508 e. The molecular weight excluding hydrogens is 607 g/mol. The van der Waals surface area contributed by atoms with Crippen LogP contribution in [0.25, 0.3) is 0 Å². The number of hydrogen-bond donors (Lipinski definition) is 3. The van der Waals surface area contributed by atoms with Crippen LogP contribution >= 0.6 is 11.8 Å². The lowest BCUT2D eigenvalue weighted by Crippen LogP contribution is -2.31. The van der Waals surface area contributed by atoms with E-state index in [0.717, 1.165) is 45.9 Å². The minimum atomic E-state index is -0.588. The van der Waals surface area contributed by atoms with Crippen LogP contribution in [0.4, 0.5) is 5.69 Å². The Morgan fingerprint density at radius 1 is 0.787 bits per heavy atom. The number of benzene rings is 3. The molecule has 3 aromatic rings. The minimum absolute atomic E-state index is 0.00129. The Labute approximate surface area is 286 Å². The molecule has 0 aromatic heterocycles. The number of unbranched alkanes of at least 4 members (excludes halogenated alkanes) is 12. The van der Waals surface area contributed by atoms with Crippen LogP contribution < -0.4 is 5.32 Å². The topological polar surface area (TPSA) is 88.0 Å². The molecule has 6 nitrogen and oxygen atoms in total. The highest BCUT2D eigenvalue weighted by atomic mass is 32.2.